The van der Waals surface area contributed by atoms with Crippen LogP contribution in [0.5, 0.6) is 0 Å². The molecule has 1 saturated heterocycles. The van der Waals surface area contributed by atoms with Gasteiger partial charge in [-0.1, -0.05) is 29.8 Å². The van der Waals surface area contributed by atoms with Gasteiger partial charge >= 0.3 is 0 Å². The summed E-state index contributed by atoms with van der Waals surface area (Å²) < 4.78 is 15.0. The molecule has 0 saturated carbocycles. The SMILES string of the molecule is NC(=O)[C@@H]1CCCN1Cc1cn(-c2ccc(F)cc2)nc1-c1ccccc1Cl. The van der Waals surface area contributed by atoms with Gasteiger partial charge in [0.15, 0.2) is 0 Å². The summed E-state index contributed by atoms with van der Waals surface area (Å²) in [5, 5.41) is 5.32. The highest BCUT2D eigenvalue weighted by Crippen LogP contribution is 2.32. The molecule has 4 rings (SSSR count). The molecule has 2 N–H and O–H groups in total. The van der Waals surface area contributed by atoms with Gasteiger partial charge in [-0.3, -0.25) is 9.69 Å². The molecule has 0 bridgehead atoms. The second kappa shape index (κ2) is 7.73. The number of aromatic nitrogens is 2. The first kappa shape index (κ1) is 18.7. The Kier molecular flexibility index (Phi) is 5.15. The van der Waals surface area contributed by atoms with Crippen molar-refractivity contribution in [2.75, 3.05) is 6.54 Å². The zero-order valence-corrected chi connectivity index (χ0v) is 15.9. The van der Waals surface area contributed by atoms with Gasteiger partial charge in [0.05, 0.1) is 22.4 Å². The molecule has 0 unspecified atom stereocenters. The Hall–Kier alpha value is -2.70. The van der Waals surface area contributed by atoms with Crippen LogP contribution in [0.15, 0.2) is 54.7 Å². The highest BCUT2D eigenvalue weighted by molar-refractivity contribution is 6.33. The predicted octanol–water partition coefficient (Wildman–Crippen LogP) is 3.78. The number of likely N-dealkylation sites (tertiary alicyclic amines) is 1. The van der Waals surface area contributed by atoms with Gasteiger partial charge in [-0.15, -0.1) is 0 Å². The van der Waals surface area contributed by atoms with Gasteiger partial charge in [0, 0.05) is 23.9 Å². The van der Waals surface area contributed by atoms with Crippen molar-refractivity contribution in [3.63, 3.8) is 0 Å². The van der Waals surface area contributed by atoms with E-state index in [9.17, 15) is 9.18 Å². The van der Waals surface area contributed by atoms with Gasteiger partial charge in [0.1, 0.15) is 5.82 Å². The summed E-state index contributed by atoms with van der Waals surface area (Å²) in [5.41, 5.74) is 8.80. The van der Waals surface area contributed by atoms with E-state index < -0.39 is 0 Å². The van der Waals surface area contributed by atoms with Crippen LogP contribution in [0.2, 0.25) is 5.02 Å². The van der Waals surface area contributed by atoms with Crippen LogP contribution in [0.4, 0.5) is 4.39 Å². The second-order valence-electron chi connectivity index (χ2n) is 6.93. The Bertz CT molecular complexity index is 1000. The molecule has 1 aliphatic heterocycles. The van der Waals surface area contributed by atoms with Gasteiger partial charge < -0.3 is 5.73 Å². The number of primary amides is 1. The molecule has 5 nitrogen and oxygen atoms in total. The molecule has 28 heavy (non-hydrogen) atoms. The molecule has 0 aliphatic carbocycles. The van der Waals surface area contributed by atoms with Crippen LogP contribution in [0.25, 0.3) is 16.9 Å². The third kappa shape index (κ3) is 3.66. The molecule has 2 aromatic carbocycles. The average molecular weight is 399 g/mol. The maximum atomic E-state index is 13.3. The molecule has 1 aromatic heterocycles. The molecule has 7 heteroatoms. The first-order valence-electron chi connectivity index (χ1n) is 9.15. The van der Waals surface area contributed by atoms with Gasteiger partial charge in [-0.25, -0.2) is 9.07 Å². The quantitative estimate of drug-likeness (QED) is 0.711. The number of benzene rings is 2. The number of hydrogen-bond donors (Lipinski definition) is 1. The fourth-order valence-corrected chi connectivity index (χ4v) is 3.91. The first-order valence-corrected chi connectivity index (χ1v) is 9.53. The number of carbonyl (C=O) groups excluding carboxylic acids is 1. The van der Waals surface area contributed by atoms with Crippen LogP contribution in [0, 0.1) is 5.82 Å². The molecule has 1 atom stereocenters. The van der Waals surface area contributed by atoms with E-state index in [0.29, 0.717) is 11.6 Å². The van der Waals surface area contributed by atoms with E-state index in [2.05, 4.69) is 4.90 Å². The van der Waals surface area contributed by atoms with Crippen molar-refractivity contribution >= 4 is 17.5 Å². The standard InChI is InChI=1S/C21H20ClFN4O/c22-18-5-2-1-4-17(18)20-14(12-26-11-3-6-19(26)21(24)28)13-27(25-20)16-9-7-15(23)8-10-16/h1-2,4-5,7-10,13,19H,3,6,11-12H2,(H2,24,28)/t19-/m0/s1. The number of nitrogens with zero attached hydrogens (tertiary/aromatic N) is 3. The fraction of sp³-hybridized carbons (Fsp3) is 0.238. The van der Waals surface area contributed by atoms with E-state index in [-0.39, 0.29) is 17.8 Å². The Morgan fingerprint density at radius 2 is 1.96 bits per heavy atom. The first-order chi connectivity index (χ1) is 13.5. The molecule has 1 amide bonds. The Morgan fingerprint density at radius 3 is 2.68 bits per heavy atom. The van der Waals surface area contributed by atoms with Crippen molar-refractivity contribution in [2.24, 2.45) is 5.73 Å². The summed E-state index contributed by atoms with van der Waals surface area (Å²) in [7, 11) is 0. The highest BCUT2D eigenvalue weighted by Gasteiger charge is 2.30. The topological polar surface area (TPSA) is 64.2 Å². The summed E-state index contributed by atoms with van der Waals surface area (Å²) in [6.07, 6.45) is 3.60. The molecule has 0 radical (unpaired) electrons. The van der Waals surface area contributed by atoms with Crippen LogP contribution < -0.4 is 5.73 Å². The Balaban J connectivity index is 1.76. The van der Waals surface area contributed by atoms with Crippen LogP contribution in [0.3, 0.4) is 0 Å². The van der Waals surface area contributed by atoms with Gasteiger partial charge in [-0.05, 0) is 49.7 Å². The van der Waals surface area contributed by atoms with Gasteiger partial charge in [0.25, 0.3) is 0 Å². The number of nitrogens with two attached hydrogens (primary N) is 1. The van der Waals surface area contributed by atoms with Crippen molar-refractivity contribution < 1.29 is 9.18 Å². The maximum absolute atomic E-state index is 13.3. The largest absolute Gasteiger partial charge is 0.368 e. The van der Waals surface area contributed by atoms with Crippen molar-refractivity contribution in [2.45, 2.75) is 25.4 Å². The van der Waals surface area contributed by atoms with Crippen LogP contribution in [0.1, 0.15) is 18.4 Å². The lowest BCUT2D eigenvalue weighted by atomic mass is 10.1. The lowest BCUT2D eigenvalue weighted by Crippen LogP contribution is -2.39. The second-order valence-corrected chi connectivity index (χ2v) is 7.34. The van der Waals surface area contributed by atoms with Crippen LogP contribution in [-0.4, -0.2) is 33.2 Å². The monoisotopic (exact) mass is 398 g/mol. The van der Waals surface area contributed by atoms with Crippen molar-refractivity contribution in [3.8, 4) is 16.9 Å². The van der Waals surface area contributed by atoms with Crippen molar-refractivity contribution in [1.29, 1.82) is 0 Å². The molecule has 2 heterocycles. The highest BCUT2D eigenvalue weighted by atomic mass is 35.5. The number of carbonyl (C=O) groups is 1. The van der Waals surface area contributed by atoms with Crippen LogP contribution in [-0.2, 0) is 11.3 Å². The van der Waals surface area contributed by atoms with E-state index in [0.717, 1.165) is 41.9 Å². The Labute approximate surface area is 167 Å². The number of hydrogen-bond acceptors (Lipinski definition) is 3. The average Bonchev–Trinajstić information content (AvgIpc) is 3.30. The third-order valence-corrected chi connectivity index (χ3v) is 5.41. The number of rotatable bonds is 5. The molecular weight excluding hydrogens is 379 g/mol. The van der Waals surface area contributed by atoms with Crippen molar-refractivity contribution in [3.05, 3.63) is 71.1 Å². The molecule has 1 fully saturated rings. The smallest absolute Gasteiger partial charge is 0.234 e. The van der Waals surface area contributed by atoms with E-state index in [1.165, 1.54) is 12.1 Å². The van der Waals surface area contributed by atoms with E-state index in [4.69, 9.17) is 22.4 Å². The van der Waals surface area contributed by atoms with E-state index in [1.807, 2.05) is 30.5 Å². The fourth-order valence-electron chi connectivity index (χ4n) is 3.69. The predicted molar refractivity (Wildman–Crippen MR) is 107 cm³/mol. The minimum atomic E-state index is -0.303. The zero-order chi connectivity index (χ0) is 19.7. The van der Waals surface area contributed by atoms with Crippen LogP contribution >= 0.6 is 11.6 Å². The molecule has 3 aromatic rings. The maximum Gasteiger partial charge on any atom is 0.234 e. The Morgan fingerprint density at radius 1 is 1.21 bits per heavy atom. The van der Waals surface area contributed by atoms with Gasteiger partial charge in [-0.2, -0.15) is 5.10 Å². The lowest BCUT2D eigenvalue weighted by molar-refractivity contribution is -0.122. The zero-order valence-electron chi connectivity index (χ0n) is 15.2. The summed E-state index contributed by atoms with van der Waals surface area (Å²) in [6, 6.07) is 13.4. The minimum Gasteiger partial charge on any atom is -0.368 e. The molecule has 0 spiro atoms. The summed E-state index contributed by atoms with van der Waals surface area (Å²) in [6.45, 7) is 1.34. The number of halogens is 2. The van der Waals surface area contributed by atoms with Gasteiger partial charge in [0.2, 0.25) is 5.91 Å². The summed E-state index contributed by atoms with van der Waals surface area (Å²) in [5.74, 6) is -0.605. The normalized spacial score (nSPS) is 17.1. The minimum absolute atomic E-state index is 0.270. The van der Waals surface area contributed by atoms with E-state index in [1.54, 1.807) is 16.8 Å². The molecule has 1 aliphatic rings. The molecule has 144 valence electrons. The summed E-state index contributed by atoms with van der Waals surface area (Å²) >= 11 is 6.42. The molecular formula is C21H20ClFN4O. The number of amides is 1. The van der Waals surface area contributed by atoms with Crippen molar-refractivity contribution in [1.82, 2.24) is 14.7 Å². The van der Waals surface area contributed by atoms with E-state index >= 15 is 0 Å². The summed E-state index contributed by atoms with van der Waals surface area (Å²) in [4.78, 5) is 13.9. The third-order valence-electron chi connectivity index (χ3n) is 5.08. The lowest BCUT2D eigenvalue weighted by Gasteiger charge is -2.21.